The van der Waals surface area contributed by atoms with Crippen molar-refractivity contribution in [3.05, 3.63) is 53.1 Å². The topological polar surface area (TPSA) is 72.9 Å². The van der Waals surface area contributed by atoms with Crippen LogP contribution < -0.4 is 0 Å². The Kier molecular flexibility index (Phi) is 6.98. The number of hydrogen-bond donors (Lipinski definition) is 0. The van der Waals surface area contributed by atoms with Crippen LogP contribution >= 0.6 is 11.6 Å². The molecule has 0 bridgehead atoms. The van der Waals surface area contributed by atoms with Gasteiger partial charge in [-0.3, -0.25) is 0 Å². The van der Waals surface area contributed by atoms with Gasteiger partial charge in [-0.2, -0.15) is 0 Å². The van der Waals surface area contributed by atoms with Gasteiger partial charge in [-0.25, -0.2) is 13.2 Å². The fourth-order valence-electron chi connectivity index (χ4n) is 3.40. The lowest BCUT2D eigenvalue weighted by Crippen LogP contribution is -2.48. The van der Waals surface area contributed by atoms with Gasteiger partial charge in [0.05, 0.1) is 24.2 Å². The third kappa shape index (κ3) is 6.45. The summed E-state index contributed by atoms with van der Waals surface area (Å²) in [4.78, 5) is 14.3. The molecule has 1 aliphatic heterocycles. The number of carbonyl (C=O) groups excluding carboxylic acids is 1. The first-order valence-corrected chi connectivity index (χ1v) is 12.4. The summed E-state index contributed by atoms with van der Waals surface area (Å²) in [6.45, 7) is 6.97. The van der Waals surface area contributed by atoms with Crippen molar-refractivity contribution in [1.29, 1.82) is 0 Å². The molecule has 3 rings (SSSR count). The van der Waals surface area contributed by atoms with Gasteiger partial charge in [-0.15, -0.1) is 0 Å². The van der Waals surface area contributed by atoms with Crippen LogP contribution in [-0.2, 0) is 25.7 Å². The third-order valence-corrected chi connectivity index (χ3v) is 6.32. The normalized spacial score (nSPS) is 17.5. The van der Waals surface area contributed by atoms with Gasteiger partial charge < -0.3 is 14.4 Å². The predicted molar refractivity (Wildman–Crippen MR) is 121 cm³/mol. The van der Waals surface area contributed by atoms with E-state index in [0.29, 0.717) is 31.1 Å². The van der Waals surface area contributed by atoms with Crippen LogP contribution in [0.3, 0.4) is 0 Å². The number of sulfone groups is 1. The van der Waals surface area contributed by atoms with E-state index < -0.39 is 15.4 Å². The van der Waals surface area contributed by atoms with Gasteiger partial charge in [0.1, 0.15) is 5.60 Å². The van der Waals surface area contributed by atoms with Crippen molar-refractivity contribution in [3.8, 4) is 11.1 Å². The molecule has 0 aliphatic carbocycles. The number of rotatable bonds is 4. The van der Waals surface area contributed by atoms with Gasteiger partial charge in [0.15, 0.2) is 9.84 Å². The predicted octanol–water partition coefficient (Wildman–Crippen LogP) is 4.59. The van der Waals surface area contributed by atoms with E-state index >= 15 is 0 Å². The third-order valence-electron chi connectivity index (χ3n) is 4.88. The molecule has 0 saturated carbocycles. The van der Waals surface area contributed by atoms with E-state index in [1.165, 1.54) is 6.26 Å². The van der Waals surface area contributed by atoms with E-state index in [2.05, 4.69) is 0 Å². The van der Waals surface area contributed by atoms with Crippen molar-refractivity contribution in [3.63, 3.8) is 0 Å². The molecule has 0 radical (unpaired) electrons. The van der Waals surface area contributed by atoms with Crippen LogP contribution in [0.5, 0.6) is 0 Å². The fourth-order valence-corrected chi connectivity index (χ4v) is 4.34. The molecule has 1 atom stereocenters. The summed E-state index contributed by atoms with van der Waals surface area (Å²) in [6.07, 6.45) is 1.33. The van der Waals surface area contributed by atoms with Crippen LogP contribution in [0.4, 0.5) is 4.79 Å². The second kappa shape index (κ2) is 9.18. The highest BCUT2D eigenvalue weighted by Gasteiger charge is 2.28. The molecule has 168 valence electrons. The van der Waals surface area contributed by atoms with Crippen molar-refractivity contribution >= 4 is 27.5 Å². The lowest BCUT2D eigenvalue weighted by molar-refractivity contribution is -0.0415. The molecule has 0 aromatic heterocycles. The van der Waals surface area contributed by atoms with Crippen LogP contribution in [0.1, 0.15) is 26.3 Å². The molecule has 0 N–H and O–H groups in total. The number of hydrogen-bond acceptors (Lipinski definition) is 5. The molecular weight excluding hydrogens is 438 g/mol. The van der Waals surface area contributed by atoms with Crippen LogP contribution in [-0.4, -0.2) is 57.1 Å². The Bertz CT molecular complexity index is 1040. The molecule has 2 aromatic rings. The van der Waals surface area contributed by atoms with E-state index in [4.69, 9.17) is 21.1 Å². The summed E-state index contributed by atoms with van der Waals surface area (Å²) < 4.78 is 34.6. The number of morpholine rings is 1. The van der Waals surface area contributed by atoms with Crippen LogP contribution in [0, 0.1) is 0 Å². The number of ether oxygens (including phenoxy) is 2. The Labute approximate surface area is 189 Å². The minimum Gasteiger partial charge on any atom is -0.444 e. The van der Waals surface area contributed by atoms with Crippen LogP contribution in [0.25, 0.3) is 11.1 Å². The number of amides is 1. The quantitative estimate of drug-likeness (QED) is 0.660. The van der Waals surface area contributed by atoms with Gasteiger partial charge >= 0.3 is 6.09 Å². The molecular formula is C23H28ClNO5S. The van der Waals surface area contributed by atoms with Crippen molar-refractivity contribution in [2.24, 2.45) is 0 Å². The number of halogens is 1. The van der Waals surface area contributed by atoms with E-state index in [-0.39, 0.29) is 17.1 Å². The lowest BCUT2D eigenvalue weighted by Gasteiger charge is -2.34. The summed E-state index contributed by atoms with van der Waals surface area (Å²) in [5.74, 6) is 0. The average molecular weight is 466 g/mol. The number of carbonyl (C=O) groups is 1. The van der Waals surface area contributed by atoms with Gasteiger partial charge in [0.25, 0.3) is 0 Å². The standard InChI is InChI=1S/C23H28ClNO5S/c1-23(2,3)30-22(26)25-11-12-29-18(15-25)13-16-5-10-20(21(24)14-16)17-6-8-19(9-7-17)31(4,27)28/h5-10,14,18H,11-13,15H2,1-4H3. The van der Waals surface area contributed by atoms with E-state index in [9.17, 15) is 13.2 Å². The van der Waals surface area contributed by atoms with E-state index in [1.54, 1.807) is 29.2 Å². The smallest absolute Gasteiger partial charge is 0.410 e. The minimum atomic E-state index is -3.24. The Balaban J connectivity index is 1.68. The summed E-state index contributed by atoms with van der Waals surface area (Å²) in [6, 6.07) is 12.4. The van der Waals surface area contributed by atoms with Gasteiger partial charge in [-0.1, -0.05) is 35.9 Å². The summed E-state index contributed by atoms with van der Waals surface area (Å²) in [5.41, 5.74) is 2.13. The van der Waals surface area contributed by atoms with Gasteiger partial charge in [0.2, 0.25) is 0 Å². The zero-order chi connectivity index (χ0) is 22.8. The highest BCUT2D eigenvalue weighted by Crippen LogP contribution is 2.30. The Hall–Kier alpha value is -2.09. The Morgan fingerprint density at radius 2 is 1.87 bits per heavy atom. The first-order valence-electron chi connectivity index (χ1n) is 10.1. The first kappa shape index (κ1) is 23.6. The molecule has 1 fully saturated rings. The zero-order valence-corrected chi connectivity index (χ0v) is 19.8. The molecule has 8 heteroatoms. The maximum absolute atomic E-state index is 12.3. The summed E-state index contributed by atoms with van der Waals surface area (Å²) in [7, 11) is -3.24. The zero-order valence-electron chi connectivity index (χ0n) is 18.2. The van der Waals surface area contributed by atoms with Crippen LogP contribution in [0.15, 0.2) is 47.4 Å². The molecule has 0 spiro atoms. The molecule has 1 unspecified atom stereocenters. The van der Waals surface area contributed by atoms with Crippen molar-refractivity contribution in [2.45, 2.75) is 43.8 Å². The Morgan fingerprint density at radius 1 is 1.19 bits per heavy atom. The molecule has 31 heavy (non-hydrogen) atoms. The molecule has 6 nitrogen and oxygen atoms in total. The molecule has 1 heterocycles. The minimum absolute atomic E-state index is 0.141. The first-order chi connectivity index (χ1) is 14.4. The largest absolute Gasteiger partial charge is 0.444 e. The van der Waals surface area contributed by atoms with Gasteiger partial charge in [0, 0.05) is 29.8 Å². The Morgan fingerprint density at radius 3 is 2.45 bits per heavy atom. The maximum atomic E-state index is 12.3. The van der Waals surface area contributed by atoms with E-state index in [0.717, 1.165) is 16.7 Å². The lowest BCUT2D eigenvalue weighted by atomic mass is 10.0. The number of benzene rings is 2. The number of nitrogens with zero attached hydrogens (tertiary/aromatic N) is 1. The second-order valence-electron chi connectivity index (χ2n) is 8.73. The molecule has 1 aliphatic rings. The van der Waals surface area contributed by atoms with E-state index in [1.807, 2.05) is 39.0 Å². The van der Waals surface area contributed by atoms with Gasteiger partial charge in [-0.05, 0) is 50.1 Å². The highest BCUT2D eigenvalue weighted by molar-refractivity contribution is 7.90. The van der Waals surface area contributed by atoms with Crippen LogP contribution in [0.2, 0.25) is 5.02 Å². The highest BCUT2D eigenvalue weighted by atomic mass is 35.5. The molecule has 2 aromatic carbocycles. The van der Waals surface area contributed by atoms with Crippen molar-refractivity contribution < 1.29 is 22.7 Å². The SMILES string of the molecule is CC(C)(C)OC(=O)N1CCOC(Cc2ccc(-c3ccc(S(C)(=O)=O)cc3)c(Cl)c2)C1. The maximum Gasteiger partial charge on any atom is 0.410 e. The molecule has 1 saturated heterocycles. The molecule has 1 amide bonds. The van der Waals surface area contributed by atoms with Crippen molar-refractivity contribution in [2.75, 3.05) is 26.0 Å². The van der Waals surface area contributed by atoms with Crippen molar-refractivity contribution in [1.82, 2.24) is 4.90 Å². The second-order valence-corrected chi connectivity index (χ2v) is 11.2. The monoisotopic (exact) mass is 465 g/mol. The fraction of sp³-hybridized carbons (Fsp3) is 0.435. The average Bonchev–Trinajstić information content (AvgIpc) is 2.66. The summed E-state index contributed by atoms with van der Waals surface area (Å²) >= 11 is 6.52. The summed E-state index contributed by atoms with van der Waals surface area (Å²) in [5, 5.41) is 0.574.